The van der Waals surface area contributed by atoms with E-state index in [2.05, 4.69) is 20.6 Å². The summed E-state index contributed by atoms with van der Waals surface area (Å²) in [5.41, 5.74) is 3.74. The van der Waals surface area contributed by atoms with E-state index in [0.717, 1.165) is 49.2 Å². The van der Waals surface area contributed by atoms with E-state index in [1.807, 2.05) is 48.5 Å². The van der Waals surface area contributed by atoms with E-state index in [1.165, 1.54) is 6.92 Å². The van der Waals surface area contributed by atoms with Crippen molar-refractivity contribution < 1.29 is 14.3 Å². The van der Waals surface area contributed by atoms with Gasteiger partial charge in [-0.25, -0.2) is 9.97 Å². The predicted molar refractivity (Wildman–Crippen MR) is 117 cm³/mol. The minimum Gasteiger partial charge on any atom is -0.454 e. The van der Waals surface area contributed by atoms with Gasteiger partial charge in [0.25, 0.3) is 0 Å². The number of thiophene rings is 1. The molecule has 0 saturated heterocycles. The largest absolute Gasteiger partial charge is 0.454 e. The molecule has 5 rings (SSSR count). The molecule has 0 saturated carbocycles. The summed E-state index contributed by atoms with van der Waals surface area (Å²) in [5.74, 6) is 2.23. The zero-order valence-corrected chi connectivity index (χ0v) is 17.0. The Kier molecular flexibility index (Phi) is 4.68. The van der Waals surface area contributed by atoms with Gasteiger partial charge in [0.15, 0.2) is 11.5 Å². The monoisotopic (exact) mass is 418 g/mol. The first-order valence-electron chi connectivity index (χ1n) is 9.41. The van der Waals surface area contributed by atoms with Crippen LogP contribution in [0.5, 0.6) is 11.5 Å². The van der Waals surface area contributed by atoms with Crippen molar-refractivity contribution in [2.24, 2.45) is 0 Å². The summed E-state index contributed by atoms with van der Waals surface area (Å²) < 4.78 is 11.8. The second-order valence-corrected chi connectivity index (χ2v) is 7.90. The van der Waals surface area contributed by atoms with Gasteiger partial charge in [-0.2, -0.15) is 0 Å². The maximum atomic E-state index is 11.3. The van der Waals surface area contributed by atoms with E-state index in [4.69, 9.17) is 9.47 Å². The number of rotatable bonds is 5. The summed E-state index contributed by atoms with van der Waals surface area (Å²) in [4.78, 5) is 21.3. The van der Waals surface area contributed by atoms with E-state index in [-0.39, 0.29) is 12.7 Å². The number of benzene rings is 2. The molecule has 30 heavy (non-hydrogen) atoms. The fraction of sp³-hybridized carbons (Fsp3) is 0.136. The van der Waals surface area contributed by atoms with Crippen LogP contribution in [0.4, 0.5) is 11.5 Å². The van der Waals surface area contributed by atoms with Crippen LogP contribution in [0.3, 0.4) is 0 Å². The molecule has 0 spiro atoms. The number of nitrogens with one attached hydrogen (secondary N) is 2. The lowest BCUT2D eigenvalue weighted by molar-refractivity contribution is -0.114. The summed E-state index contributed by atoms with van der Waals surface area (Å²) >= 11 is 1.61. The molecule has 1 aliphatic heterocycles. The SMILES string of the molecule is CC(=O)Nc1cccc(-c2cc3ncnc(NCc4ccc5c(c4)OCO5)c3s2)c1. The van der Waals surface area contributed by atoms with Crippen LogP contribution < -0.4 is 20.1 Å². The molecule has 150 valence electrons. The highest BCUT2D eigenvalue weighted by Gasteiger charge is 2.14. The first-order valence-corrected chi connectivity index (χ1v) is 10.2. The van der Waals surface area contributed by atoms with Crippen molar-refractivity contribution in [3.05, 3.63) is 60.4 Å². The molecule has 7 nitrogen and oxygen atoms in total. The van der Waals surface area contributed by atoms with Crippen LogP contribution in [-0.4, -0.2) is 22.7 Å². The Labute approximate surface area is 176 Å². The van der Waals surface area contributed by atoms with Gasteiger partial charge in [-0.1, -0.05) is 18.2 Å². The van der Waals surface area contributed by atoms with E-state index < -0.39 is 0 Å². The molecule has 0 fully saturated rings. The van der Waals surface area contributed by atoms with Crippen molar-refractivity contribution in [2.75, 3.05) is 17.4 Å². The molecule has 1 amide bonds. The van der Waals surface area contributed by atoms with Crippen LogP contribution in [0.25, 0.3) is 20.7 Å². The number of amides is 1. The van der Waals surface area contributed by atoms with E-state index >= 15 is 0 Å². The van der Waals surface area contributed by atoms with Gasteiger partial charge in [-0.05, 0) is 41.5 Å². The van der Waals surface area contributed by atoms with Crippen molar-refractivity contribution >= 4 is 39.0 Å². The molecule has 0 unspecified atom stereocenters. The molecule has 0 atom stereocenters. The summed E-state index contributed by atoms with van der Waals surface area (Å²) in [7, 11) is 0. The molecule has 0 radical (unpaired) electrons. The molecule has 2 aromatic carbocycles. The Hall–Kier alpha value is -3.65. The molecule has 8 heteroatoms. The third-order valence-electron chi connectivity index (χ3n) is 4.68. The van der Waals surface area contributed by atoms with Crippen molar-refractivity contribution in [3.8, 4) is 21.9 Å². The quantitative estimate of drug-likeness (QED) is 0.490. The number of aromatic nitrogens is 2. The number of anilines is 2. The predicted octanol–water partition coefficient (Wildman–Crippen LogP) is 4.66. The molecule has 0 aliphatic carbocycles. The highest BCUT2D eigenvalue weighted by molar-refractivity contribution is 7.22. The molecule has 0 bridgehead atoms. The van der Waals surface area contributed by atoms with E-state index in [1.54, 1.807) is 17.7 Å². The van der Waals surface area contributed by atoms with Crippen LogP contribution in [-0.2, 0) is 11.3 Å². The lowest BCUT2D eigenvalue weighted by Gasteiger charge is -2.07. The minimum atomic E-state index is -0.0932. The normalized spacial score (nSPS) is 12.2. The van der Waals surface area contributed by atoms with Crippen molar-refractivity contribution in [1.82, 2.24) is 9.97 Å². The average molecular weight is 418 g/mol. The highest BCUT2D eigenvalue weighted by Crippen LogP contribution is 2.37. The molecular formula is C22H18N4O3S. The summed E-state index contributed by atoms with van der Waals surface area (Å²) in [5, 5.41) is 6.23. The van der Waals surface area contributed by atoms with Gasteiger partial charge in [0.2, 0.25) is 12.7 Å². The van der Waals surface area contributed by atoms with Gasteiger partial charge in [0.05, 0.1) is 10.2 Å². The van der Waals surface area contributed by atoms with Crippen LogP contribution >= 0.6 is 11.3 Å². The standard InChI is InChI=1S/C22H18N4O3S/c1-13(27)26-16-4-2-3-15(8-16)20-9-17-21(30-20)22(25-11-24-17)23-10-14-5-6-18-19(7-14)29-12-28-18/h2-9,11H,10,12H2,1H3,(H,26,27)(H,23,24,25). The number of carbonyl (C=O) groups excluding carboxylic acids is 1. The lowest BCUT2D eigenvalue weighted by Crippen LogP contribution is -2.05. The molecule has 2 aromatic heterocycles. The van der Waals surface area contributed by atoms with Crippen molar-refractivity contribution in [3.63, 3.8) is 0 Å². The average Bonchev–Trinajstić information content (AvgIpc) is 3.38. The number of nitrogens with zero attached hydrogens (tertiary/aromatic N) is 2. The molecular weight excluding hydrogens is 400 g/mol. The number of carbonyl (C=O) groups is 1. The summed E-state index contributed by atoms with van der Waals surface area (Å²) in [6, 6.07) is 15.7. The summed E-state index contributed by atoms with van der Waals surface area (Å²) in [6.45, 7) is 2.37. The zero-order valence-electron chi connectivity index (χ0n) is 16.1. The zero-order chi connectivity index (χ0) is 20.5. The first kappa shape index (κ1) is 18.4. The second kappa shape index (κ2) is 7.64. The van der Waals surface area contributed by atoms with Crippen LogP contribution in [0.15, 0.2) is 54.9 Å². The highest BCUT2D eigenvalue weighted by atomic mass is 32.1. The smallest absolute Gasteiger partial charge is 0.231 e. The number of ether oxygens (including phenoxy) is 2. The lowest BCUT2D eigenvalue weighted by atomic mass is 10.1. The summed E-state index contributed by atoms with van der Waals surface area (Å²) in [6.07, 6.45) is 1.56. The molecule has 3 heterocycles. The fourth-order valence-electron chi connectivity index (χ4n) is 3.31. The van der Waals surface area contributed by atoms with Gasteiger partial charge in [0.1, 0.15) is 12.1 Å². The third-order valence-corrected chi connectivity index (χ3v) is 5.86. The van der Waals surface area contributed by atoms with Gasteiger partial charge in [-0.3, -0.25) is 4.79 Å². The maximum absolute atomic E-state index is 11.3. The van der Waals surface area contributed by atoms with Crippen LogP contribution in [0, 0.1) is 0 Å². The topological polar surface area (TPSA) is 85.4 Å². The third kappa shape index (κ3) is 3.65. The van der Waals surface area contributed by atoms with E-state index in [0.29, 0.717) is 6.54 Å². The maximum Gasteiger partial charge on any atom is 0.231 e. The second-order valence-electron chi connectivity index (χ2n) is 6.85. The minimum absolute atomic E-state index is 0.0932. The first-order chi connectivity index (χ1) is 14.7. The Morgan fingerprint density at radius 1 is 1.10 bits per heavy atom. The van der Waals surface area contributed by atoms with Crippen LogP contribution in [0.1, 0.15) is 12.5 Å². The van der Waals surface area contributed by atoms with Gasteiger partial charge >= 0.3 is 0 Å². The van der Waals surface area contributed by atoms with Gasteiger partial charge < -0.3 is 20.1 Å². The number of hydrogen-bond donors (Lipinski definition) is 2. The Morgan fingerprint density at radius 3 is 2.90 bits per heavy atom. The Morgan fingerprint density at radius 2 is 2.00 bits per heavy atom. The molecule has 1 aliphatic rings. The van der Waals surface area contributed by atoms with Crippen LogP contribution in [0.2, 0.25) is 0 Å². The van der Waals surface area contributed by atoms with Crippen molar-refractivity contribution in [1.29, 1.82) is 0 Å². The number of fused-ring (bicyclic) bond motifs is 2. The van der Waals surface area contributed by atoms with Crippen molar-refractivity contribution in [2.45, 2.75) is 13.5 Å². The van der Waals surface area contributed by atoms with E-state index in [9.17, 15) is 4.79 Å². The fourth-order valence-corrected chi connectivity index (χ4v) is 4.39. The van der Waals surface area contributed by atoms with Gasteiger partial charge in [-0.15, -0.1) is 11.3 Å². The van der Waals surface area contributed by atoms with Gasteiger partial charge in [0, 0.05) is 24.0 Å². The Bertz CT molecular complexity index is 1250. The molecule has 4 aromatic rings. The Balaban J connectivity index is 1.41. The molecule has 2 N–H and O–H groups in total. The number of hydrogen-bond acceptors (Lipinski definition) is 7.